The van der Waals surface area contributed by atoms with Gasteiger partial charge in [0.1, 0.15) is 5.82 Å². The molecule has 0 aliphatic carbocycles. The molecule has 0 radical (unpaired) electrons. The zero-order chi connectivity index (χ0) is 24.0. The maximum Gasteiger partial charge on any atom is 0.340 e. The van der Waals surface area contributed by atoms with Crippen LogP contribution in [0.1, 0.15) is 26.5 Å². The molecule has 0 saturated carbocycles. The smallest absolute Gasteiger partial charge is 0.340 e. The molecule has 3 aromatic rings. The number of carbonyl (C=O) groups is 3. The number of nitrogens with one attached hydrogen (secondary N) is 2. The summed E-state index contributed by atoms with van der Waals surface area (Å²) in [5, 5.41) is 4.99. The molecule has 0 atom stereocenters. The molecule has 2 aromatic carbocycles. The van der Waals surface area contributed by atoms with E-state index in [-0.39, 0.29) is 34.2 Å². The molecule has 2 amide bonds. The van der Waals surface area contributed by atoms with E-state index in [9.17, 15) is 18.8 Å². The van der Waals surface area contributed by atoms with Crippen LogP contribution in [0.2, 0.25) is 0 Å². The second-order valence-electron chi connectivity index (χ2n) is 6.77. The Kier molecular flexibility index (Phi) is 7.29. The monoisotopic (exact) mass is 456 g/mol. The Morgan fingerprint density at radius 3 is 2.36 bits per heavy atom. The second kappa shape index (κ2) is 10.3. The number of rotatable bonds is 8. The molecule has 0 saturated heterocycles. The lowest BCUT2D eigenvalue weighted by atomic mass is 10.1. The van der Waals surface area contributed by atoms with Gasteiger partial charge in [0.2, 0.25) is 0 Å². The number of hydrogen-bond donors (Lipinski definition) is 2. The summed E-state index contributed by atoms with van der Waals surface area (Å²) in [5.41, 5.74) is 0.621. The third-order valence-corrected chi connectivity index (χ3v) is 4.53. The normalized spacial score (nSPS) is 10.3. The molecule has 0 aliphatic heterocycles. The molecule has 10 heteroatoms. The van der Waals surface area contributed by atoms with E-state index in [1.54, 1.807) is 6.92 Å². The fourth-order valence-corrected chi connectivity index (χ4v) is 2.82. The number of carbonyl (C=O) groups excluding carboxylic acids is 3. The van der Waals surface area contributed by atoms with Crippen molar-refractivity contribution >= 4 is 29.2 Å². The molecule has 172 valence electrons. The summed E-state index contributed by atoms with van der Waals surface area (Å²) in [6.07, 6.45) is 1.33. The van der Waals surface area contributed by atoms with Crippen molar-refractivity contribution in [3.8, 4) is 11.5 Å². The maximum atomic E-state index is 13.6. The molecule has 0 spiro atoms. The van der Waals surface area contributed by atoms with Gasteiger partial charge in [0.15, 0.2) is 23.9 Å². The van der Waals surface area contributed by atoms with Gasteiger partial charge in [0.05, 0.1) is 31.7 Å². The van der Waals surface area contributed by atoms with Crippen LogP contribution in [0.3, 0.4) is 0 Å². The Bertz CT molecular complexity index is 1180. The Labute approximate surface area is 188 Å². The first-order valence-electron chi connectivity index (χ1n) is 9.66. The molecule has 3 rings (SSSR count). The van der Waals surface area contributed by atoms with Crippen LogP contribution in [0.5, 0.6) is 11.5 Å². The first-order chi connectivity index (χ1) is 15.8. The van der Waals surface area contributed by atoms with Gasteiger partial charge in [0, 0.05) is 17.8 Å². The molecule has 0 aliphatic rings. The van der Waals surface area contributed by atoms with Crippen LogP contribution in [-0.2, 0) is 9.53 Å². The van der Waals surface area contributed by atoms with Crippen LogP contribution in [0.15, 0.2) is 53.1 Å². The maximum absolute atomic E-state index is 13.6. The number of furan rings is 1. The summed E-state index contributed by atoms with van der Waals surface area (Å²) in [4.78, 5) is 37.3. The van der Waals surface area contributed by atoms with Gasteiger partial charge >= 0.3 is 5.97 Å². The third kappa shape index (κ3) is 5.67. The largest absolute Gasteiger partial charge is 0.493 e. The van der Waals surface area contributed by atoms with E-state index in [2.05, 4.69) is 10.6 Å². The number of aryl methyl sites for hydroxylation is 1. The molecule has 33 heavy (non-hydrogen) atoms. The number of halogens is 1. The summed E-state index contributed by atoms with van der Waals surface area (Å²) in [7, 11) is 2.77. The van der Waals surface area contributed by atoms with E-state index in [0.29, 0.717) is 5.56 Å². The lowest BCUT2D eigenvalue weighted by Crippen LogP contribution is -2.22. The highest BCUT2D eigenvalue weighted by Gasteiger charge is 2.22. The predicted octanol–water partition coefficient (Wildman–Crippen LogP) is 3.79. The molecular formula is C23H21FN2O7. The van der Waals surface area contributed by atoms with Crippen molar-refractivity contribution in [2.45, 2.75) is 6.92 Å². The molecular weight excluding hydrogens is 435 g/mol. The number of esters is 1. The van der Waals surface area contributed by atoms with E-state index < -0.39 is 30.2 Å². The predicted molar refractivity (Wildman–Crippen MR) is 116 cm³/mol. The zero-order valence-electron chi connectivity index (χ0n) is 18.1. The van der Waals surface area contributed by atoms with E-state index in [1.165, 1.54) is 56.9 Å². The zero-order valence-corrected chi connectivity index (χ0v) is 18.1. The van der Waals surface area contributed by atoms with Crippen molar-refractivity contribution < 1.29 is 37.4 Å². The molecule has 1 aromatic heterocycles. The SMILES string of the molecule is COc1cc(NC(=O)c2ccco2)c(C(=O)OCC(=O)Nc2ccc(C)c(F)c2)cc1OC. The van der Waals surface area contributed by atoms with Crippen molar-refractivity contribution in [2.75, 3.05) is 31.5 Å². The van der Waals surface area contributed by atoms with Gasteiger partial charge in [-0.05, 0) is 36.8 Å². The Morgan fingerprint density at radius 1 is 1.00 bits per heavy atom. The average molecular weight is 456 g/mol. The summed E-state index contributed by atoms with van der Waals surface area (Å²) in [6.45, 7) is 0.947. The van der Waals surface area contributed by atoms with E-state index in [1.807, 2.05) is 0 Å². The summed E-state index contributed by atoms with van der Waals surface area (Å²) in [6, 6.07) is 9.87. The van der Waals surface area contributed by atoms with Gasteiger partial charge in [-0.3, -0.25) is 9.59 Å². The first kappa shape index (κ1) is 23.3. The molecule has 0 fully saturated rings. The van der Waals surface area contributed by atoms with Crippen LogP contribution in [0.4, 0.5) is 15.8 Å². The number of methoxy groups -OCH3 is 2. The minimum absolute atomic E-state index is 0.0220. The lowest BCUT2D eigenvalue weighted by Gasteiger charge is -2.15. The summed E-state index contributed by atoms with van der Waals surface area (Å²) in [5.74, 6) is -2.19. The van der Waals surface area contributed by atoms with Crippen molar-refractivity contribution in [3.63, 3.8) is 0 Å². The van der Waals surface area contributed by atoms with E-state index in [0.717, 1.165) is 6.07 Å². The standard InChI is InChI=1S/C23H21FN2O7/c1-13-6-7-14(9-16(13)24)25-21(27)12-33-23(29)15-10-19(30-2)20(31-3)11-17(15)26-22(28)18-5-4-8-32-18/h4-11H,12H2,1-3H3,(H,25,27)(H,26,28). The fraction of sp³-hybridized carbons (Fsp3) is 0.174. The minimum atomic E-state index is -0.907. The average Bonchev–Trinajstić information content (AvgIpc) is 3.35. The van der Waals surface area contributed by atoms with Crippen LogP contribution in [0, 0.1) is 12.7 Å². The van der Waals surface area contributed by atoms with E-state index in [4.69, 9.17) is 18.6 Å². The highest BCUT2D eigenvalue weighted by Crippen LogP contribution is 2.34. The highest BCUT2D eigenvalue weighted by atomic mass is 19.1. The van der Waals surface area contributed by atoms with Gasteiger partial charge < -0.3 is 29.3 Å². The van der Waals surface area contributed by atoms with Gasteiger partial charge in [-0.25, -0.2) is 9.18 Å². The Hall–Kier alpha value is -4.34. The van der Waals surface area contributed by atoms with Crippen LogP contribution in [-0.4, -0.2) is 38.6 Å². The Balaban J connectivity index is 1.76. The second-order valence-corrected chi connectivity index (χ2v) is 6.77. The lowest BCUT2D eigenvalue weighted by molar-refractivity contribution is -0.119. The summed E-state index contributed by atoms with van der Waals surface area (Å²) < 4.78 is 34.2. The first-order valence-corrected chi connectivity index (χ1v) is 9.66. The molecule has 1 heterocycles. The molecule has 0 unspecified atom stereocenters. The fourth-order valence-electron chi connectivity index (χ4n) is 2.82. The van der Waals surface area contributed by atoms with Gasteiger partial charge in [0.25, 0.3) is 11.8 Å². The third-order valence-electron chi connectivity index (χ3n) is 4.53. The molecule has 9 nitrogen and oxygen atoms in total. The minimum Gasteiger partial charge on any atom is -0.493 e. The number of amides is 2. The van der Waals surface area contributed by atoms with Crippen LogP contribution in [0.25, 0.3) is 0 Å². The van der Waals surface area contributed by atoms with Gasteiger partial charge in [-0.2, -0.15) is 0 Å². The number of hydrogen-bond acceptors (Lipinski definition) is 7. The van der Waals surface area contributed by atoms with Crippen molar-refractivity contribution in [1.29, 1.82) is 0 Å². The number of ether oxygens (including phenoxy) is 3. The van der Waals surface area contributed by atoms with E-state index >= 15 is 0 Å². The van der Waals surface area contributed by atoms with Crippen molar-refractivity contribution in [1.82, 2.24) is 0 Å². The van der Waals surface area contributed by atoms with Gasteiger partial charge in [-0.1, -0.05) is 6.07 Å². The number of anilines is 2. The molecule has 2 N–H and O–H groups in total. The Morgan fingerprint density at radius 2 is 1.73 bits per heavy atom. The van der Waals surface area contributed by atoms with Crippen molar-refractivity contribution in [3.05, 3.63) is 71.4 Å². The summed E-state index contributed by atoms with van der Waals surface area (Å²) >= 11 is 0. The topological polar surface area (TPSA) is 116 Å². The quantitative estimate of drug-likeness (QED) is 0.496. The molecule has 0 bridgehead atoms. The van der Waals surface area contributed by atoms with Crippen LogP contribution < -0.4 is 20.1 Å². The van der Waals surface area contributed by atoms with Gasteiger partial charge in [-0.15, -0.1) is 0 Å². The highest BCUT2D eigenvalue weighted by molar-refractivity contribution is 6.07. The number of benzene rings is 2. The van der Waals surface area contributed by atoms with Crippen molar-refractivity contribution in [2.24, 2.45) is 0 Å². The van der Waals surface area contributed by atoms with Crippen LogP contribution >= 0.6 is 0 Å².